The van der Waals surface area contributed by atoms with Crippen LogP contribution in [0.5, 0.6) is 0 Å². The second-order valence-electron chi connectivity index (χ2n) is 4.30. The first-order valence-corrected chi connectivity index (χ1v) is 6.85. The number of nitrogen functional groups attached to an aromatic ring is 2. The van der Waals surface area contributed by atoms with Crippen LogP contribution in [0.4, 0.5) is 11.4 Å². The SMILES string of the molecule is C=S1c2ccc(N)cc2Cc2cc(N)ccc21. The molecule has 3 rings (SSSR count). The average molecular weight is 242 g/mol. The lowest BCUT2D eigenvalue weighted by Gasteiger charge is -2.23. The van der Waals surface area contributed by atoms with Gasteiger partial charge in [-0.3, -0.25) is 0 Å². The Kier molecular flexibility index (Phi) is 2.23. The van der Waals surface area contributed by atoms with Crippen molar-refractivity contribution in [1.82, 2.24) is 0 Å². The van der Waals surface area contributed by atoms with Gasteiger partial charge in [-0.2, -0.15) is 0 Å². The van der Waals surface area contributed by atoms with Crippen LogP contribution in [0, 0.1) is 0 Å². The summed E-state index contributed by atoms with van der Waals surface area (Å²) in [4.78, 5) is 2.60. The predicted molar refractivity (Wildman–Crippen MR) is 75.8 cm³/mol. The molecule has 0 amide bonds. The summed E-state index contributed by atoms with van der Waals surface area (Å²) in [5.74, 6) is 4.29. The highest BCUT2D eigenvalue weighted by Crippen LogP contribution is 2.44. The van der Waals surface area contributed by atoms with Crippen molar-refractivity contribution in [2.75, 3.05) is 11.5 Å². The number of anilines is 2. The van der Waals surface area contributed by atoms with E-state index in [1.54, 1.807) is 0 Å². The van der Waals surface area contributed by atoms with E-state index in [0.717, 1.165) is 17.8 Å². The molecule has 17 heavy (non-hydrogen) atoms. The van der Waals surface area contributed by atoms with Gasteiger partial charge in [0.05, 0.1) is 0 Å². The van der Waals surface area contributed by atoms with Gasteiger partial charge in [-0.05, 0) is 53.9 Å². The Morgan fingerprint density at radius 3 is 1.82 bits per heavy atom. The minimum Gasteiger partial charge on any atom is -0.399 e. The third-order valence-electron chi connectivity index (χ3n) is 3.08. The molecule has 0 fully saturated rings. The van der Waals surface area contributed by atoms with Crippen LogP contribution in [0.3, 0.4) is 0 Å². The topological polar surface area (TPSA) is 52.0 Å². The first-order valence-electron chi connectivity index (χ1n) is 5.46. The first kappa shape index (κ1) is 10.4. The fourth-order valence-electron chi connectivity index (χ4n) is 2.28. The van der Waals surface area contributed by atoms with E-state index >= 15 is 0 Å². The Bertz CT molecular complexity index is 579. The smallest absolute Gasteiger partial charge is 0.0317 e. The highest BCUT2D eigenvalue weighted by Gasteiger charge is 2.17. The molecular weight excluding hydrogens is 228 g/mol. The molecule has 0 atom stereocenters. The van der Waals surface area contributed by atoms with E-state index in [9.17, 15) is 0 Å². The third-order valence-corrected chi connectivity index (χ3v) is 4.94. The zero-order valence-electron chi connectivity index (χ0n) is 9.44. The summed E-state index contributed by atoms with van der Waals surface area (Å²) < 4.78 is 0. The van der Waals surface area contributed by atoms with Crippen molar-refractivity contribution in [2.45, 2.75) is 16.2 Å². The van der Waals surface area contributed by atoms with E-state index in [1.807, 2.05) is 24.3 Å². The molecule has 0 aliphatic carbocycles. The van der Waals surface area contributed by atoms with Gasteiger partial charge in [0.25, 0.3) is 0 Å². The summed E-state index contributed by atoms with van der Waals surface area (Å²) in [5.41, 5.74) is 15.9. The maximum atomic E-state index is 5.84. The summed E-state index contributed by atoms with van der Waals surface area (Å²) in [6, 6.07) is 12.2. The molecule has 1 aliphatic rings. The Balaban J connectivity index is 2.21. The maximum Gasteiger partial charge on any atom is 0.0317 e. The van der Waals surface area contributed by atoms with Crippen LogP contribution in [0.25, 0.3) is 0 Å². The van der Waals surface area contributed by atoms with Crippen molar-refractivity contribution >= 4 is 27.7 Å². The van der Waals surface area contributed by atoms with E-state index < -0.39 is 0 Å². The number of hydrogen-bond donors (Lipinski definition) is 2. The lowest BCUT2D eigenvalue weighted by atomic mass is 10.0. The summed E-state index contributed by atoms with van der Waals surface area (Å²) in [5, 5.41) is 0. The average Bonchev–Trinajstić information content (AvgIpc) is 2.28. The maximum absolute atomic E-state index is 5.84. The molecule has 2 aromatic rings. The molecule has 0 aromatic heterocycles. The van der Waals surface area contributed by atoms with Crippen molar-refractivity contribution in [3.63, 3.8) is 0 Å². The Hall–Kier alpha value is -1.74. The summed E-state index contributed by atoms with van der Waals surface area (Å²) in [6.45, 7) is 0. The standard InChI is InChI=1S/C14H14N2S/c1-17-13-4-2-11(15)7-9(13)6-10-8-12(16)3-5-14(10)17/h2-5,7-8H,1,6,15-16H2. The van der Waals surface area contributed by atoms with Crippen LogP contribution < -0.4 is 11.5 Å². The van der Waals surface area contributed by atoms with E-state index in [4.69, 9.17) is 11.5 Å². The molecule has 0 saturated heterocycles. The van der Waals surface area contributed by atoms with Gasteiger partial charge in [0, 0.05) is 21.2 Å². The van der Waals surface area contributed by atoms with Gasteiger partial charge in [0.1, 0.15) is 0 Å². The van der Waals surface area contributed by atoms with Gasteiger partial charge in [0.2, 0.25) is 0 Å². The summed E-state index contributed by atoms with van der Waals surface area (Å²) in [7, 11) is -0.118. The van der Waals surface area contributed by atoms with Crippen molar-refractivity contribution in [3.8, 4) is 0 Å². The monoisotopic (exact) mass is 242 g/mol. The quantitative estimate of drug-likeness (QED) is 0.470. The van der Waals surface area contributed by atoms with Gasteiger partial charge < -0.3 is 11.5 Å². The van der Waals surface area contributed by atoms with E-state index in [0.29, 0.717) is 0 Å². The molecule has 2 aromatic carbocycles. The molecule has 4 N–H and O–H groups in total. The molecule has 2 nitrogen and oxygen atoms in total. The van der Waals surface area contributed by atoms with Crippen LogP contribution in [-0.2, 0) is 6.42 Å². The van der Waals surface area contributed by atoms with Gasteiger partial charge in [-0.1, -0.05) is 5.87 Å². The lowest BCUT2D eigenvalue weighted by molar-refractivity contribution is 1.06. The highest BCUT2D eigenvalue weighted by molar-refractivity contribution is 8.14. The van der Waals surface area contributed by atoms with Crippen LogP contribution in [0.15, 0.2) is 46.2 Å². The van der Waals surface area contributed by atoms with Crippen LogP contribution >= 0.6 is 10.5 Å². The highest BCUT2D eigenvalue weighted by atomic mass is 32.2. The largest absolute Gasteiger partial charge is 0.399 e. The number of fused-ring (bicyclic) bond motifs is 2. The molecule has 0 spiro atoms. The molecule has 0 saturated carbocycles. The van der Waals surface area contributed by atoms with Crippen molar-refractivity contribution in [1.29, 1.82) is 0 Å². The molecule has 0 radical (unpaired) electrons. The molecule has 1 aliphatic heterocycles. The van der Waals surface area contributed by atoms with E-state index in [2.05, 4.69) is 18.0 Å². The number of nitrogens with two attached hydrogens (primary N) is 2. The fraction of sp³-hybridized carbons (Fsp3) is 0.0714. The first-order chi connectivity index (χ1) is 8.15. The lowest BCUT2D eigenvalue weighted by Crippen LogP contribution is -2.03. The van der Waals surface area contributed by atoms with Gasteiger partial charge in [-0.15, -0.1) is 10.5 Å². The Morgan fingerprint density at radius 2 is 1.35 bits per heavy atom. The van der Waals surface area contributed by atoms with Crippen molar-refractivity contribution in [2.24, 2.45) is 0 Å². The molecule has 1 heterocycles. The predicted octanol–water partition coefficient (Wildman–Crippen LogP) is 2.87. The Labute approximate surface area is 103 Å². The Morgan fingerprint density at radius 1 is 0.882 bits per heavy atom. The summed E-state index contributed by atoms with van der Waals surface area (Å²) >= 11 is 0. The van der Waals surface area contributed by atoms with Crippen LogP contribution in [-0.4, -0.2) is 5.87 Å². The minimum absolute atomic E-state index is 0.118. The molecular formula is C14H14N2S. The number of rotatable bonds is 0. The number of hydrogen-bond acceptors (Lipinski definition) is 2. The van der Waals surface area contributed by atoms with Gasteiger partial charge >= 0.3 is 0 Å². The zero-order chi connectivity index (χ0) is 12.0. The van der Waals surface area contributed by atoms with Crippen LogP contribution in [0.1, 0.15) is 11.1 Å². The normalized spacial score (nSPS) is 14.1. The van der Waals surface area contributed by atoms with Crippen molar-refractivity contribution in [3.05, 3.63) is 47.5 Å². The van der Waals surface area contributed by atoms with Gasteiger partial charge in [-0.25, -0.2) is 0 Å². The van der Waals surface area contributed by atoms with E-state index in [1.165, 1.54) is 20.9 Å². The van der Waals surface area contributed by atoms with Gasteiger partial charge in [0.15, 0.2) is 0 Å². The molecule has 3 heteroatoms. The zero-order valence-corrected chi connectivity index (χ0v) is 10.3. The number of benzene rings is 2. The third kappa shape index (κ3) is 1.63. The fourth-order valence-corrected chi connectivity index (χ4v) is 3.88. The second kappa shape index (κ2) is 3.64. The minimum atomic E-state index is -0.118. The molecule has 0 bridgehead atoms. The summed E-state index contributed by atoms with van der Waals surface area (Å²) in [6.07, 6.45) is 0.903. The molecule has 86 valence electrons. The second-order valence-corrected chi connectivity index (χ2v) is 5.96. The molecule has 0 unspecified atom stereocenters. The van der Waals surface area contributed by atoms with Crippen LogP contribution in [0.2, 0.25) is 0 Å². The van der Waals surface area contributed by atoms with Crippen molar-refractivity contribution < 1.29 is 0 Å². The van der Waals surface area contributed by atoms with E-state index in [-0.39, 0.29) is 10.5 Å².